The summed E-state index contributed by atoms with van der Waals surface area (Å²) in [5.74, 6) is 5.86. The summed E-state index contributed by atoms with van der Waals surface area (Å²) in [6, 6.07) is 5.73. The van der Waals surface area contributed by atoms with Gasteiger partial charge in [0.2, 0.25) is 0 Å². The molecular formula is C9H12BrNO2. The summed E-state index contributed by atoms with van der Waals surface area (Å²) in [4.78, 5) is 4.70. The van der Waals surface area contributed by atoms with Crippen LogP contribution in [0.4, 0.5) is 0 Å². The van der Waals surface area contributed by atoms with Crippen molar-refractivity contribution in [3.05, 3.63) is 28.2 Å². The normalized spacial score (nSPS) is 12.6. The molecule has 1 aromatic carbocycles. The van der Waals surface area contributed by atoms with Gasteiger partial charge < -0.3 is 4.74 Å². The van der Waals surface area contributed by atoms with Gasteiger partial charge in [-0.2, -0.15) is 0 Å². The number of halogens is 1. The van der Waals surface area contributed by atoms with Crippen LogP contribution in [0.25, 0.3) is 0 Å². The van der Waals surface area contributed by atoms with Crippen molar-refractivity contribution in [2.75, 3.05) is 7.11 Å². The highest BCUT2D eigenvalue weighted by atomic mass is 79.9. The fourth-order valence-electron chi connectivity index (χ4n) is 1.01. The Morgan fingerprint density at radius 2 is 2.15 bits per heavy atom. The van der Waals surface area contributed by atoms with E-state index in [1.54, 1.807) is 7.11 Å². The summed E-state index contributed by atoms with van der Waals surface area (Å²) < 4.78 is 6.06. The molecule has 2 N–H and O–H groups in total. The lowest BCUT2D eigenvalue weighted by molar-refractivity contribution is 0.0662. The van der Waals surface area contributed by atoms with Crippen LogP contribution < -0.4 is 10.6 Å². The molecule has 0 fully saturated rings. The fourth-order valence-corrected chi connectivity index (χ4v) is 1.42. The lowest BCUT2D eigenvalue weighted by Crippen LogP contribution is -2.05. The van der Waals surface area contributed by atoms with Gasteiger partial charge in [-0.3, -0.25) is 4.84 Å². The number of hydrogen-bond donors (Lipinski definition) is 1. The third kappa shape index (κ3) is 2.43. The predicted molar refractivity (Wildman–Crippen MR) is 54.4 cm³/mol. The quantitative estimate of drug-likeness (QED) is 0.833. The van der Waals surface area contributed by atoms with E-state index in [0.29, 0.717) is 0 Å². The number of nitrogens with two attached hydrogens (primary N) is 1. The summed E-state index contributed by atoms with van der Waals surface area (Å²) >= 11 is 3.36. The molecule has 0 spiro atoms. The Labute approximate surface area is 85.9 Å². The van der Waals surface area contributed by atoms with E-state index >= 15 is 0 Å². The van der Waals surface area contributed by atoms with E-state index in [2.05, 4.69) is 15.9 Å². The molecule has 4 heteroatoms. The molecule has 0 heterocycles. The van der Waals surface area contributed by atoms with Crippen LogP contribution in [-0.4, -0.2) is 7.11 Å². The van der Waals surface area contributed by atoms with E-state index in [1.807, 2.05) is 25.1 Å². The largest absolute Gasteiger partial charge is 0.496 e. The van der Waals surface area contributed by atoms with Crippen LogP contribution in [0, 0.1) is 0 Å². The lowest BCUT2D eigenvalue weighted by atomic mass is 10.1. The van der Waals surface area contributed by atoms with Gasteiger partial charge in [-0.05, 0) is 40.5 Å². The maximum atomic E-state index is 5.14. The Kier molecular flexibility index (Phi) is 3.71. The Balaban J connectivity index is 2.99. The standard InChI is InChI=1S/C9H12BrNO2/c1-6(13-11)7-3-4-8(10)9(5-7)12-2/h3-6H,11H2,1-2H3. The van der Waals surface area contributed by atoms with Crippen molar-refractivity contribution < 1.29 is 9.57 Å². The summed E-state index contributed by atoms with van der Waals surface area (Å²) in [5.41, 5.74) is 0.988. The van der Waals surface area contributed by atoms with Crippen molar-refractivity contribution in [1.82, 2.24) is 0 Å². The molecule has 0 aliphatic rings. The van der Waals surface area contributed by atoms with Crippen LogP contribution in [0.2, 0.25) is 0 Å². The molecule has 1 atom stereocenters. The number of benzene rings is 1. The molecule has 0 aliphatic heterocycles. The Morgan fingerprint density at radius 1 is 1.46 bits per heavy atom. The van der Waals surface area contributed by atoms with Gasteiger partial charge in [-0.25, -0.2) is 5.90 Å². The zero-order chi connectivity index (χ0) is 9.84. The van der Waals surface area contributed by atoms with Crippen molar-refractivity contribution in [2.24, 2.45) is 5.90 Å². The molecule has 0 aromatic heterocycles. The molecule has 1 rings (SSSR count). The highest BCUT2D eigenvalue weighted by Gasteiger charge is 2.07. The van der Waals surface area contributed by atoms with E-state index in [9.17, 15) is 0 Å². The third-order valence-electron chi connectivity index (χ3n) is 1.85. The highest BCUT2D eigenvalue weighted by Crippen LogP contribution is 2.28. The van der Waals surface area contributed by atoms with Crippen molar-refractivity contribution in [2.45, 2.75) is 13.0 Å². The Morgan fingerprint density at radius 3 is 2.69 bits per heavy atom. The van der Waals surface area contributed by atoms with E-state index in [0.717, 1.165) is 15.8 Å². The first-order valence-corrected chi connectivity index (χ1v) is 4.67. The second kappa shape index (κ2) is 4.60. The molecule has 3 nitrogen and oxygen atoms in total. The maximum absolute atomic E-state index is 5.14. The first-order chi connectivity index (χ1) is 6.19. The van der Waals surface area contributed by atoms with Crippen LogP contribution in [0.5, 0.6) is 5.75 Å². The minimum atomic E-state index is -0.123. The van der Waals surface area contributed by atoms with Gasteiger partial charge in [0.05, 0.1) is 11.6 Å². The number of ether oxygens (including phenoxy) is 1. The average molecular weight is 246 g/mol. The molecule has 0 radical (unpaired) electrons. The maximum Gasteiger partial charge on any atom is 0.133 e. The first-order valence-electron chi connectivity index (χ1n) is 3.88. The molecule has 72 valence electrons. The SMILES string of the molecule is COc1cc(C(C)ON)ccc1Br. The monoisotopic (exact) mass is 245 g/mol. The van der Waals surface area contributed by atoms with E-state index in [-0.39, 0.29) is 6.10 Å². The van der Waals surface area contributed by atoms with Crippen LogP contribution in [0.1, 0.15) is 18.6 Å². The van der Waals surface area contributed by atoms with Crippen LogP contribution in [-0.2, 0) is 4.84 Å². The van der Waals surface area contributed by atoms with E-state index in [1.165, 1.54) is 0 Å². The summed E-state index contributed by atoms with van der Waals surface area (Å²) in [5, 5.41) is 0. The Hall–Kier alpha value is -0.580. The van der Waals surface area contributed by atoms with Crippen LogP contribution >= 0.6 is 15.9 Å². The Bertz CT molecular complexity index is 291. The van der Waals surface area contributed by atoms with Crippen molar-refractivity contribution in [3.8, 4) is 5.75 Å². The first kappa shape index (κ1) is 10.5. The minimum Gasteiger partial charge on any atom is -0.496 e. The van der Waals surface area contributed by atoms with Crippen molar-refractivity contribution in [1.29, 1.82) is 0 Å². The van der Waals surface area contributed by atoms with Gasteiger partial charge in [-0.15, -0.1) is 0 Å². The second-order valence-corrected chi connectivity index (χ2v) is 3.53. The van der Waals surface area contributed by atoms with E-state index < -0.39 is 0 Å². The number of hydrogen-bond acceptors (Lipinski definition) is 3. The third-order valence-corrected chi connectivity index (χ3v) is 2.50. The van der Waals surface area contributed by atoms with Crippen LogP contribution in [0.3, 0.4) is 0 Å². The molecule has 0 amide bonds. The average Bonchev–Trinajstić information content (AvgIpc) is 2.17. The molecule has 0 bridgehead atoms. The van der Waals surface area contributed by atoms with Gasteiger partial charge in [0.25, 0.3) is 0 Å². The van der Waals surface area contributed by atoms with E-state index in [4.69, 9.17) is 15.5 Å². The van der Waals surface area contributed by atoms with Crippen LogP contribution in [0.15, 0.2) is 22.7 Å². The lowest BCUT2D eigenvalue weighted by Gasteiger charge is -2.11. The number of rotatable bonds is 3. The molecule has 0 aliphatic carbocycles. The summed E-state index contributed by atoms with van der Waals surface area (Å²) in [6.45, 7) is 1.88. The fraction of sp³-hybridized carbons (Fsp3) is 0.333. The smallest absolute Gasteiger partial charge is 0.133 e. The topological polar surface area (TPSA) is 44.5 Å². The summed E-state index contributed by atoms with van der Waals surface area (Å²) in [7, 11) is 1.62. The highest BCUT2D eigenvalue weighted by molar-refractivity contribution is 9.10. The zero-order valence-electron chi connectivity index (χ0n) is 7.58. The van der Waals surface area contributed by atoms with Crippen molar-refractivity contribution in [3.63, 3.8) is 0 Å². The summed E-state index contributed by atoms with van der Waals surface area (Å²) in [6.07, 6.45) is -0.123. The van der Waals surface area contributed by atoms with Gasteiger partial charge >= 0.3 is 0 Å². The van der Waals surface area contributed by atoms with Gasteiger partial charge in [0.15, 0.2) is 0 Å². The number of methoxy groups -OCH3 is 1. The molecule has 0 saturated heterocycles. The molecule has 1 aromatic rings. The molecule has 1 unspecified atom stereocenters. The van der Waals surface area contributed by atoms with Gasteiger partial charge in [-0.1, -0.05) is 6.07 Å². The van der Waals surface area contributed by atoms with Crippen molar-refractivity contribution >= 4 is 15.9 Å². The van der Waals surface area contributed by atoms with Gasteiger partial charge in [0, 0.05) is 0 Å². The predicted octanol–water partition coefficient (Wildman–Crippen LogP) is 2.41. The van der Waals surface area contributed by atoms with Gasteiger partial charge in [0.1, 0.15) is 11.9 Å². The zero-order valence-corrected chi connectivity index (χ0v) is 9.17. The second-order valence-electron chi connectivity index (χ2n) is 2.67. The minimum absolute atomic E-state index is 0.123. The molecule has 0 saturated carbocycles. The molecule has 13 heavy (non-hydrogen) atoms. The molecular weight excluding hydrogens is 234 g/mol.